The number of benzene rings is 2. The van der Waals surface area contributed by atoms with Gasteiger partial charge >= 0.3 is 0 Å². The number of aromatic nitrogens is 2. The average Bonchev–Trinajstić information content (AvgIpc) is 3.42. The van der Waals surface area contributed by atoms with Crippen LogP contribution in [0.1, 0.15) is 53.0 Å². The minimum Gasteiger partial charge on any atom is -0.493 e. The van der Waals surface area contributed by atoms with Crippen LogP contribution in [0, 0.1) is 0 Å². The molecular weight excluding hydrogens is 490 g/mol. The van der Waals surface area contributed by atoms with Crippen LogP contribution in [-0.2, 0) is 6.42 Å². The normalized spacial score (nSPS) is 15.0. The van der Waals surface area contributed by atoms with E-state index in [-0.39, 0.29) is 16.8 Å². The van der Waals surface area contributed by atoms with Crippen LogP contribution in [0.2, 0.25) is 5.02 Å². The molecule has 0 fully saturated rings. The first-order chi connectivity index (χ1) is 17.0. The van der Waals surface area contributed by atoms with Gasteiger partial charge in [0.1, 0.15) is 10.6 Å². The summed E-state index contributed by atoms with van der Waals surface area (Å²) in [4.78, 5) is 28.9. The lowest BCUT2D eigenvalue weighted by Gasteiger charge is -2.23. The summed E-state index contributed by atoms with van der Waals surface area (Å²) in [5, 5.41) is 10.4. The number of carbonyl (C=O) groups excluding carboxylic acids is 1. The Bertz CT molecular complexity index is 1500. The van der Waals surface area contributed by atoms with Gasteiger partial charge in [0.25, 0.3) is 5.91 Å². The van der Waals surface area contributed by atoms with E-state index in [9.17, 15) is 9.59 Å². The van der Waals surface area contributed by atoms with Gasteiger partial charge < -0.3 is 13.9 Å². The highest BCUT2D eigenvalue weighted by Crippen LogP contribution is 2.44. The summed E-state index contributed by atoms with van der Waals surface area (Å²) in [5.74, 6) is 0.580. The summed E-state index contributed by atoms with van der Waals surface area (Å²) in [6.07, 6.45) is 1.64. The Morgan fingerprint density at radius 3 is 2.69 bits per heavy atom. The molecule has 0 saturated carbocycles. The first kappa shape index (κ1) is 23.3. The summed E-state index contributed by atoms with van der Waals surface area (Å²) < 4.78 is 17.2. The molecule has 0 aliphatic carbocycles. The van der Waals surface area contributed by atoms with Crippen LogP contribution in [-0.4, -0.2) is 29.8 Å². The maximum atomic E-state index is 13.7. The Balaban J connectivity index is 1.75. The Labute approximate surface area is 210 Å². The Morgan fingerprint density at radius 1 is 1.11 bits per heavy atom. The Hall–Kier alpha value is -3.43. The number of methoxy groups -OCH3 is 1. The van der Waals surface area contributed by atoms with E-state index >= 15 is 0 Å². The number of fused-ring (bicyclic) bond motifs is 2. The van der Waals surface area contributed by atoms with E-state index in [0.717, 1.165) is 17.8 Å². The number of halogens is 1. The van der Waals surface area contributed by atoms with Crippen LogP contribution in [0.4, 0.5) is 5.13 Å². The fraction of sp³-hybridized carbons (Fsp3) is 0.280. The molecule has 1 atom stereocenters. The quantitative estimate of drug-likeness (QED) is 0.327. The second-order valence-electron chi connectivity index (χ2n) is 7.96. The van der Waals surface area contributed by atoms with Gasteiger partial charge in [-0.05, 0) is 49.2 Å². The number of hydrogen-bond acceptors (Lipinski definition) is 8. The molecule has 0 spiro atoms. The molecule has 3 heterocycles. The van der Waals surface area contributed by atoms with Gasteiger partial charge in [-0.25, -0.2) is 0 Å². The predicted octanol–water partition coefficient (Wildman–Crippen LogP) is 5.41. The molecule has 10 heteroatoms. The minimum absolute atomic E-state index is 0.0186. The van der Waals surface area contributed by atoms with E-state index in [2.05, 4.69) is 10.2 Å². The van der Waals surface area contributed by atoms with Gasteiger partial charge in [0.05, 0.1) is 30.7 Å². The molecule has 180 valence electrons. The minimum atomic E-state index is -0.788. The summed E-state index contributed by atoms with van der Waals surface area (Å²) in [6.45, 7) is 4.39. The molecule has 2 aromatic carbocycles. The van der Waals surface area contributed by atoms with Crippen molar-refractivity contribution in [3.8, 4) is 11.5 Å². The van der Waals surface area contributed by atoms with E-state index in [0.29, 0.717) is 44.8 Å². The van der Waals surface area contributed by atoms with Gasteiger partial charge in [-0.1, -0.05) is 35.9 Å². The standard InChI is InChI=1S/C25H22ClN3O5S/c1-4-6-19-27-28-25(35-19)29-21(13-7-9-17(33-5-2)18(11-13)32-3)20-22(30)15-12-14(26)8-10-16(15)34-23(20)24(29)31/h7-12,21H,4-6H2,1-3H3. The van der Waals surface area contributed by atoms with Crippen LogP contribution in [0.5, 0.6) is 11.5 Å². The molecule has 4 aromatic rings. The third-order valence-corrected chi connectivity index (χ3v) is 6.98. The van der Waals surface area contributed by atoms with Crippen molar-refractivity contribution in [1.29, 1.82) is 0 Å². The second kappa shape index (κ2) is 9.31. The van der Waals surface area contributed by atoms with E-state index in [1.807, 2.05) is 19.9 Å². The monoisotopic (exact) mass is 511 g/mol. The SMILES string of the molecule is CCCc1nnc(N2C(=O)c3oc4ccc(Cl)cc4c(=O)c3C2c2ccc(OCC)c(OC)c2)s1. The zero-order chi connectivity index (χ0) is 24.7. The van der Waals surface area contributed by atoms with E-state index in [4.69, 9.17) is 25.5 Å². The molecule has 35 heavy (non-hydrogen) atoms. The van der Waals surface area contributed by atoms with Crippen molar-refractivity contribution >= 4 is 44.9 Å². The summed E-state index contributed by atoms with van der Waals surface area (Å²) >= 11 is 7.49. The third kappa shape index (κ3) is 3.94. The number of anilines is 1. The molecule has 1 amide bonds. The number of rotatable bonds is 7. The number of ether oxygens (including phenoxy) is 2. The zero-order valence-corrected chi connectivity index (χ0v) is 20.9. The lowest BCUT2D eigenvalue weighted by molar-refractivity contribution is 0.0970. The van der Waals surface area contributed by atoms with Crippen LogP contribution in [0.25, 0.3) is 11.0 Å². The molecule has 1 aliphatic heterocycles. The van der Waals surface area contributed by atoms with Crippen molar-refractivity contribution in [2.45, 2.75) is 32.7 Å². The molecule has 0 bridgehead atoms. The van der Waals surface area contributed by atoms with Gasteiger partial charge in [-0.15, -0.1) is 10.2 Å². The van der Waals surface area contributed by atoms with Crippen LogP contribution in [0.3, 0.4) is 0 Å². The Kier molecular flexibility index (Phi) is 6.21. The smallest absolute Gasteiger partial charge is 0.297 e. The molecule has 2 aromatic heterocycles. The van der Waals surface area contributed by atoms with Crippen molar-refractivity contribution < 1.29 is 18.7 Å². The van der Waals surface area contributed by atoms with Crippen molar-refractivity contribution in [2.75, 3.05) is 18.6 Å². The van der Waals surface area contributed by atoms with Gasteiger partial charge in [-0.2, -0.15) is 0 Å². The van der Waals surface area contributed by atoms with Gasteiger partial charge in [0.2, 0.25) is 10.9 Å². The lowest BCUT2D eigenvalue weighted by Crippen LogP contribution is -2.29. The van der Waals surface area contributed by atoms with Crippen molar-refractivity contribution in [1.82, 2.24) is 10.2 Å². The number of nitrogens with zero attached hydrogens (tertiary/aromatic N) is 3. The second-order valence-corrected chi connectivity index (χ2v) is 9.44. The summed E-state index contributed by atoms with van der Waals surface area (Å²) in [7, 11) is 1.54. The number of carbonyl (C=O) groups is 1. The van der Waals surface area contributed by atoms with Crippen LogP contribution < -0.4 is 19.8 Å². The first-order valence-electron chi connectivity index (χ1n) is 11.2. The molecule has 0 radical (unpaired) electrons. The van der Waals surface area contributed by atoms with Gasteiger partial charge in [0, 0.05) is 11.4 Å². The third-order valence-electron chi connectivity index (χ3n) is 5.76. The predicted molar refractivity (Wildman–Crippen MR) is 134 cm³/mol. The first-order valence-corrected chi connectivity index (χ1v) is 12.4. The number of aryl methyl sites for hydroxylation is 1. The average molecular weight is 512 g/mol. The highest BCUT2D eigenvalue weighted by Gasteiger charge is 2.45. The van der Waals surface area contributed by atoms with Crippen LogP contribution in [0.15, 0.2) is 45.6 Å². The van der Waals surface area contributed by atoms with Crippen molar-refractivity contribution in [3.63, 3.8) is 0 Å². The van der Waals surface area contributed by atoms with Gasteiger partial charge in [-0.3, -0.25) is 14.5 Å². The van der Waals surface area contributed by atoms with Crippen LogP contribution >= 0.6 is 22.9 Å². The molecule has 5 rings (SSSR count). The highest BCUT2D eigenvalue weighted by atomic mass is 35.5. The van der Waals surface area contributed by atoms with E-state index < -0.39 is 11.9 Å². The molecule has 0 saturated heterocycles. The fourth-order valence-electron chi connectivity index (χ4n) is 4.24. The maximum Gasteiger partial charge on any atom is 0.297 e. The topological polar surface area (TPSA) is 94.8 Å². The fourth-order valence-corrected chi connectivity index (χ4v) is 5.38. The van der Waals surface area contributed by atoms with E-state index in [1.165, 1.54) is 16.2 Å². The van der Waals surface area contributed by atoms with E-state index in [1.54, 1.807) is 37.4 Å². The Morgan fingerprint density at radius 2 is 1.94 bits per heavy atom. The highest BCUT2D eigenvalue weighted by molar-refractivity contribution is 7.15. The summed E-state index contributed by atoms with van der Waals surface area (Å²) in [6, 6.07) is 9.31. The molecule has 1 aliphatic rings. The largest absolute Gasteiger partial charge is 0.493 e. The molecule has 0 N–H and O–H groups in total. The summed E-state index contributed by atoms with van der Waals surface area (Å²) in [5.41, 5.74) is 0.845. The maximum absolute atomic E-state index is 13.7. The lowest BCUT2D eigenvalue weighted by atomic mass is 9.98. The van der Waals surface area contributed by atoms with Gasteiger partial charge in [0.15, 0.2) is 16.9 Å². The van der Waals surface area contributed by atoms with Crippen molar-refractivity contribution in [3.05, 3.63) is 73.5 Å². The molecule has 1 unspecified atom stereocenters. The molecular formula is C25H22ClN3O5S. The number of hydrogen-bond donors (Lipinski definition) is 0. The number of amides is 1. The zero-order valence-electron chi connectivity index (χ0n) is 19.3. The van der Waals surface area contributed by atoms with Crippen molar-refractivity contribution in [2.24, 2.45) is 0 Å². The molecule has 8 nitrogen and oxygen atoms in total.